The van der Waals surface area contributed by atoms with Crippen molar-refractivity contribution in [3.8, 4) is 11.5 Å². The summed E-state index contributed by atoms with van der Waals surface area (Å²) < 4.78 is 34.5. The van der Waals surface area contributed by atoms with Crippen LogP contribution in [0.5, 0.6) is 11.5 Å². The molecule has 0 spiro atoms. The molecule has 0 bridgehead atoms. The molecule has 0 aliphatic heterocycles. The van der Waals surface area contributed by atoms with Crippen molar-refractivity contribution in [1.82, 2.24) is 0 Å². The van der Waals surface area contributed by atoms with Crippen molar-refractivity contribution in [1.29, 1.82) is 0 Å². The van der Waals surface area contributed by atoms with Crippen LogP contribution in [-0.4, -0.2) is 26.6 Å². The summed E-state index contributed by atoms with van der Waals surface area (Å²) in [5, 5.41) is 0.571. The number of hydrogen-bond acceptors (Lipinski definition) is 2. The minimum Gasteiger partial charge on any atom is -0.487 e. The molecule has 0 atom stereocenters. The van der Waals surface area contributed by atoms with Crippen molar-refractivity contribution in [3.63, 3.8) is 0 Å². The first-order valence-corrected chi connectivity index (χ1v) is 6.01. The largest absolute Gasteiger partial charge is 0.487 e. The van der Waals surface area contributed by atoms with Crippen LogP contribution < -0.4 is 9.47 Å². The number of halogens is 3. The lowest BCUT2D eigenvalue weighted by molar-refractivity contribution is 0.234. The lowest BCUT2D eigenvalue weighted by Crippen LogP contribution is -2.05. The SMILES string of the molecule is FCCOc1cccc(CBr)c1OCCF. The minimum atomic E-state index is -0.570. The summed E-state index contributed by atoms with van der Waals surface area (Å²) in [6.07, 6.45) is 0. The van der Waals surface area contributed by atoms with Gasteiger partial charge in [0.15, 0.2) is 11.5 Å². The van der Waals surface area contributed by atoms with Gasteiger partial charge >= 0.3 is 0 Å². The molecule has 0 radical (unpaired) electrons. The minimum absolute atomic E-state index is 0.0300. The molecule has 90 valence electrons. The quantitative estimate of drug-likeness (QED) is 0.719. The van der Waals surface area contributed by atoms with Crippen molar-refractivity contribution >= 4 is 15.9 Å². The van der Waals surface area contributed by atoms with Crippen molar-refractivity contribution in [2.75, 3.05) is 26.6 Å². The van der Waals surface area contributed by atoms with Crippen LogP contribution in [0.25, 0.3) is 0 Å². The van der Waals surface area contributed by atoms with E-state index in [0.717, 1.165) is 5.56 Å². The molecule has 0 unspecified atom stereocenters. The molecule has 2 nitrogen and oxygen atoms in total. The summed E-state index contributed by atoms with van der Waals surface area (Å²) in [6, 6.07) is 5.30. The van der Waals surface area contributed by atoms with Gasteiger partial charge in [-0.05, 0) is 6.07 Å². The van der Waals surface area contributed by atoms with Gasteiger partial charge in [-0.3, -0.25) is 0 Å². The van der Waals surface area contributed by atoms with Crippen LogP contribution in [0.4, 0.5) is 8.78 Å². The zero-order valence-corrected chi connectivity index (χ0v) is 10.3. The molecule has 0 fully saturated rings. The van der Waals surface area contributed by atoms with Gasteiger partial charge in [-0.1, -0.05) is 28.1 Å². The summed E-state index contributed by atoms with van der Waals surface area (Å²) in [7, 11) is 0. The van der Waals surface area contributed by atoms with Crippen molar-refractivity contribution < 1.29 is 18.3 Å². The lowest BCUT2D eigenvalue weighted by Gasteiger charge is -2.14. The average Bonchev–Trinajstić information content (AvgIpc) is 2.33. The van der Waals surface area contributed by atoms with Crippen molar-refractivity contribution in [2.45, 2.75) is 5.33 Å². The Labute approximate surface area is 102 Å². The Hall–Kier alpha value is -0.840. The van der Waals surface area contributed by atoms with Crippen LogP contribution in [0.1, 0.15) is 5.56 Å². The first kappa shape index (κ1) is 13.2. The van der Waals surface area contributed by atoms with E-state index in [9.17, 15) is 8.78 Å². The summed E-state index contributed by atoms with van der Waals surface area (Å²) in [5.41, 5.74) is 0.852. The zero-order chi connectivity index (χ0) is 11.8. The highest BCUT2D eigenvalue weighted by molar-refractivity contribution is 9.08. The van der Waals surface area contributed by atoms with E-state index < -0.39 is 13.3 Å². The molecule has 1 aromatic rings. The summed E-state index contributed by atoms with van der Waals surface area (Å²) in [5.74, 6) is 0.925. The van der Waals surface area contributed by atoms with Crippen LogP contribution in [0.15, 0.2) is 18.2 Å². The van der Waals surface area contributed by atoms with Gasteiger partial charge in [0.2, 0.25) is 0 Å². The summed E-state index contributed by atoms with van der Waals surface area (Å²) in [4.78, 5) is 0. The number of para-hydroxylation sites is 1. The first-order chi connectivity index (χ1) is 7.83. The van der Waals surface area contributed by atoms with Gasteiger partial charge < -0.3 is 9.47 Å². The van der Waals surface area contributed by atoms with E-state index in [1.54, 1.807) is 12.1 Å². The van der Waals surface area contributed by atoms with E-state index in [2.05, 4.69) is 15.9 Å². The third-order valence-corrected chi connectivity index (χ3v) is 2.47. The maximum Gasteiger partial charge on any atom is 0.165 e. The second-order valence-corrected chi connectivity index (χ2v) is 3.51. The smallest absolute Gasteiger partial charge is 0.165 e. The van der Waals surface area contributed by atoms with Crippen molar-refractivity contribution in [2.24, 2.45) is 0 Å². The number of rotatable bonds is 7. The summed E-state index contributed by atoms with van der Waals surface area (Å²) >= 11 is 3.30. The Morgan fingerprint density at radius 3 is 2.38 bits per heavy atom. The predicted molar refractivity (Wildman–Crippen MR) is 62.0 cm³/mol. The average molecular weight is 295 g/mol. The van der Waals surface area contributed by atoms with Gasteiger partial charge in [0.25, 0.3) is 0 Å². The Balaban J connectivity index is 2.86. The molecule has 1 aromatic carbocycles. The van der Waals surface area contributed by atoms with Gasteiger partial charge in [-0.2, -0.15) is 0 Å². The second kappa shape index (κ2) is 7.44. The Bertz CT molecular complexity index is 321. The molecule has 1 rings (SSSR count). The first-order valence-electron chi connectivity index (χ1n) is 4.88. The van der Waals surface area contributed by atoms with E-state index in [1.807, 2.05) is 6.07 Å². The number of hydrogen-bond donors (Lipinski definition) is 0. The Morgan fingerprint density at radius 2 is 1.75 bits per heavy atom. The zero-order valence-electron chi connectivity index (χ0n) is 8.72. The topological polar surface area (TPSA) is 18.5 Å². The van der Waals surface area contributed by atoms with Gasteiger partial charge in [-0.25, -0.2) is 8.78 Å². The van der Waals surface area contributed by atoms with Gasteiger partial charge in [0.1, 0.15) is 26.6 Å². The molecule has 0 saturated heterocycles. The fourth-order valence-electron chi connectivity index (χ4n) is 1.23. The molecule has 0 aromatic heterocycles. The highest BCUT2D eigenvalue weighted by Crippen LogP contribution is 2.32. The maximum atomic E-state index is 12.1. The third-order valence-electron chi connectivity index (χ3n) is 1.86. The van der Waals surface area contributed by atoms with E-state index in [0.29, 0.717) is 16.8 Å². The van der Waals surface area contributed by atoms with Crippen LogP contribution in [0.2, 0.25) is 0 Å². The molecule has 0 aliphatic carbocycles. The fraction of sp³-hybridized carbons (Fsp3) is 0.455. The van der Waals surface area contributed by atoms with E-state index >= 15 is 0 Å². The summed E-state index contributed by atoms with van der Waals surface area (Å²) in [6.45, 7) is -1.20. The molecule has 0 saturated carbocycles. The molecule has 0 heterocycles. The van der Waals surface area contributed by atoms with Crippen LogP contribution in [0, 0.1) is 0 Å². The third kappa shape index (κ3) is 3.63. The monoisotopic (exact) mass is 294 g/mol. The molecular formula is C11H13BrF2O2. The highest BCUT2D eigenvalue weighted by Gasteiger charge is 2.10. The van der Waals surface area contributed by atoms with Crippen molar-refractivity contribution in [3.05, 3.63) is 23.8 Å². The van der Waals surface area contributed by atoms with Gasteiger partial charge in [-0.15, -0.1) is 0 Å². The van der Waals surface area contributed by atoms with Crippen LogP contribution in [0.3, 0.4) is 0 Å². The fourth-order valence-corrected chi connectivity index (χ4v) is 1.67. The number of alkyl halides is 3. The van der Waals surface area contributed by atoms with Crippen LogP contribution in [-0.2, 0) is 5.33 Å². The Morgan fingerprint density at radius 1 is 1.06 bits per heavy atom. The molecular weight excluding hydrogens is 282 g/mol. The molecule has 0 N–H and O–H groups in total. The van der Waals surface area contributed by atoms with Gasteiger partial charge in [0, 0.05) is 10.9 Å². The number of ether oxygens (including phenoxy) is 2. The highest BCUT2D eigenvalue weighted by atomic mass is 79.9. The van der Waals surface area contributed by atoms with E-state index in [4.69, 9.17) is 9.47 Å². The normalized spacial score (nSPS) is 10.2. The van der Waals surface area contributed by atoms with Gasteiger partial charge in [0.05, 0.1) is 0 Å². The standard InChI is InChI=1S/C11H13BrF2O2/c12-8-9-2-1-3-10(15-6-4-13)11(9)16-7-5-14/h1-3H,4-8H2. The number of benzene rings is 1. The molecule has 16 heavy (non-hydrogen) atoms. The van der Waals surface area contributed by atoms with Crippen LogP contribution >= 0.6 is 15.9 Å². The van der Waals surface area contributed by atoms with E-state index in [-0.39, 0.29) is 13.2 Å². The maximum absolute atomic E-state index is 12.1. The molecule has 5 heteroatoms. The lowest BCUT2D eigenvalue weighted by atomic mass is 10.2. The predicted octanol–water partition coefficient (Wildman–Crippen LogP) is 3.28. The Kier molecular flexibility index (Phi) is 6.15. The molecule has 0 amide bonds. The second-order valence-electron chi connectivity index (χ2n) is 2.95. The van der Waals surface area contributed by atoms with E-state index in [1.165, 1.54) is 0 Å². The molecule has 0 aliphatic rings.